The van der Waals surface area contributed by atoms with E-state index >= 15 is 0 Å². The normalized spacial score (nSPS) is 13.4. The molecule has 10 heteroatoms. The number of nitrogens with one attached hydrogen (secondary N) is 2. The van der Waals surface area contributed by atoms with Gasteiger partial charge in [0.2, 0.25) is 0 Å². The average Bonchev–Trinajstić information content (AvgIpc) is 2.83. The van der Waals surface area contributed by atoms with Crippen LogP contribution in [0.25, 0.3) is 0 Å². The van der Waals surface area contributed by atoms with Crippen LogP contribution in [0.4, 0.5) is 19.5 Å². The lowest BCUT2D eigenvalue weighted by Gasteiger charge is -2.13. The molecule has 0 saturated heterocycles. The van der Waals surface area contributed by atoms with Gasteiger partial charge in [0.25, 0.3) is 0 Å². The minimum Gasteiger partial charge on any atom is -0.465 e. The number of rotatable bonds is 5. The van der Waals surface area contributed by atoms with Gasteiger partial charge in [-0.1, -0.05) is 18.0 Å². The van der Waals surface area contributed by atoms with Crippen LogP contribution in [0.3, 0.4) is 0 Å². The average molecular weight is 461 g/mol. The predicted octanol–water partition coefficient (Wildman–Crippen LogP) is 5.87. The van der Waals surface area contributed by atoms with E-state index in [1.54, 1.807) is 0 Å². The number of aryl methyl sites for hydroxylation is 1. The summed E-state index contributed by atoms with van der Waals surface area (Å²) in [4.78, 5) is 13.5. The van der Waals surface area contributed by atoms with Crippen molar-refractivity contribution in [3.05, 3.63) is 39.2 Å². The van der Waals surface area contributed by atoms with E-state index in [-0.39, 0.29) is 15.9 Å². The molecule has 1 aromatic carbocycles. The molecular formula is C19H19ClF2N2O3S2. The molecule has 0 amide bonds. The molecular weight excluding hydrogens is 442 g/mol. The van der Waals surface area contributed by atoms with Gasteiger partial charge in [-0.3, -0.25) is 0 Å². The molecule has 0 bridgehead atoms. The Bertz CT molecular complexity index is 921. The summed E-state index contributed by atoms with van der Waals surface area (Å²) in [6.07, 6.45) is 5.01. The lowest BCUT2D eigenvalue weighted by Crippen LogP contribution is -2.20. The summed E-state index contributed by atoms with van der Waals surface area (Å²) in [5.74, 6) is -0.521. The number of hydrogen-bond donors (Lipinski definition) is 2. The third-order valence-electron chi connectivity index (χ3n) is 4.44. The molecule has 156 valence electrons. The van der Waals surface area contributed by atoms with Crippen molar-refractivity contribution in [1.29, 1.82) is 0 Å². The minimum absolute atomic E-state index is 0.0242. The van der Waals surface area contributed by atoms with E-state index in [2.05, 4.69) is 15.4 Å². The molecule has 0 spiro atoms. The van der Waals surface area contributed by atoms with Crippen LogP contribution < -0.4 is 15.4 Å². The molecule has 1 aromatic heterocycles. The molecule has 0 unspecified atom stereocenters. The number of hydrogen-bond acceptors (Lipinski definition) is 5. The van der Waals surface area contributed by atoms with E-state index in [0.29, 0.717) is 16.3 Å². The fourth-order valence-electron chi connectivity index (χ4n) is 3.18. The van der Waals surface area contributed by atoms with Crippen LogP contribution in [0.2, 0.25) is 5.02 Å². The highest BCUT2D eigenvalue weighted by molar-refractivity contribution is 7.80. The summed E-state index contributed by atoms with van der Waals surface area (Å²) in [5, 5.41) is 6.89. The monoisotopic (exact) mass is 460 g/mol. The van der Waals surface area contributed by atoms with Crippen molar-refractivity contribution in [3.8, 4) is 5.75 Å². The second-order valence-corrected chi connectivity index (χ2v) is 8.28. The topological polar surface area (TPSA) is 59.6 Å². The number of thiocarbonyl (C=S) groups is 1. The number of methoxy groups -OCH3 is 1. The first-order valence-corrected chi connectivity index (χ1v) is 10.5. The Morgan fingerprint density at radius 3 is 2.69 bits per heavy atom. The maximum atomic E-state index is 12.4. The largest absolute Gasteiger partial charge is 0.465 e. The van der Waals surface area contributed by atoms with Gasteiger partial charge in [0.05, 0.1) is 17.7 Å². The molecule has 1 aliphatic rings. The minimum atomic E-state index is -2.96. The summed E-state index contributed by atoms with van der Waals surface area (Å²) >= 11 is 12.8. The van der Waals surface area contributed by atoms with Crippen molar-refractivity contribution in [2.45, 2.75) is 38.7 Å². The first kappa shape index (κ1) is 21.7. The Labute approximate surface area is 181 Å². The summed E-state index contributed by atoms with van der Waals surface area (Å²) < 4.78 is 34.0. The first-order valence-electron chi connectivity index (χ1n) is 8.94. The van der Waals surface area contributed by atoms with Crippen molar-refractivity contribution in [2.75, 3.05) is 17.7 Å². The van der Waals surface area contributed by atoms with Crippen molar-refractivity contribution >= 4 is 56.9 Å². The highest BCUT2D eigenvalue weighted by Gasteiger charge is 2.25. The number of carbonyl (C=O) groups is 1. The molecule has 0 fully saturated rings. The lowest BCUT2D eigenvalue weighted by atomic mass is 10.1. The van der Waals surface area contributed by atoms with E-state index in [1.165, 1.54) is 41.5 Å². The smallest absolute Gasteiger partial charge is 0.387 e. The summed E-state index contributed by atoms with van der Waals surface area (Å²) in [6.45, 7) is -2.96. The van der Waals surface area contributed by atoms with Crippen LogP contribution in [0.5, 0.6) is 5.75 Å². The Morgan fingerprint density at radius 1 is 1.24 bits per heavy atom. The maximum absolute atomic E-state index is 12.4. The molecule has 1 heterocycles. The molecule has 1 aliphatic carbocycles. The Morgan fingerprint density at radius 2 is 2.00 bits per heavy atom. The van der Waals surface area contributed by atoms with Gasteiger partial charge in [0.1, 0.15) is 10.8 Å². The highest BCUT2D eigenvalue weighted by atomic mass is 35.5. The fraction of sp³-hybridized carbons (Fsp3) is 0.368. The second-order valence-electron chi connectivity index (χ2n) is 6.36. The van der Waals surface area contributed by atoms with Crippen LogP contribution in [0.15, 0.2) is 18.2 Å². The number of ether oxygens (including phenoxy) is 2. The van der Waals surface area contributed by atoms with Gasteiger partial charge in [-0.2, -0.15) is 8.78 Å². The van der Waals surface area contributed by atoms with Crippen molar-refractivity contribution < 1.29 is 23.0 Å². The van der Waals surface area contributed by atoms with Crippen molar-refractivity contribution in [2.24, 2.45) is 0 Å². The standard InChI is InChI=1S/C19H19ClF2N2O3S2/c1-26-17(25)15-11-5-3-2-4-6-14(11)29-16(15)24-19(28)23-10-7-8-13(12(20)9-10)27-18(21)22/h7-9,18H,2-6H2,1H3,(H2,23,24,28). The van der Waals surface area contributed by atoms with Gasteiger partial charge in [-0.05, 0) is 61.7 Å². The summed E-state index contributed by atoms with van der Waals surface area (Å²) in [5.41, 5.74) is 2.05. The van der Waals surface area contributed by atoms with Gasteiger partial charge in [0.15, 0.2) is 5.11 Å². The molecule has 2 aromatic rings. The molecule has 2 N–H and O–H groups in total. The van der Waals surface area contributed by atoms with Gasteiger partial charge in [0, 0.05) is 10.6 Å². The zero-order chi connectivity index (χ0) is 21.0. The third-order valence-corrected chi connectivity index (χ3v) is 6.15. The van der Waals surface area contributed by atoms with Crippen LogP contribution in [0, 0.1) is 0 Å². The number of carbonyl (C=O) groups excluding carboxylic acids is 1. The number of anilines is 2. The van der Waals surface area contributed by atoms with Crippen molar-refractivity contribution in [3.63, 3.8) is 0 Å². The van der Waals surface area contributed by atoms with Gasteiger partial charge >= 0.3 is 12.6 Å². The molecule has 5 nitrogen and oxygen atoms in total. The molecule has 0 saturated carbocycles. The predicted molar refractivity (Wildman–Crippen MR) is 115 cm³/mol. The quantitative estimate of drug-likeness (QED) is 0.330. The van der Waals surface area contributed by atoms with Gasteiger partial charge < -0.3 is 20.1 Å². The maximum Gasteiger partial charge on any atom is 0.387 e. The zero-order valence-corrected chi connectivity index (χ0v) is 17.9. The van der Waals surface area contributed by atoms with E-state index in [9.17, 15) is 13.6 Å². The van der Waals surface area contributed by atoms with Crippen LogP contribution >= 0.6 is 35.2 Å². The van der Waals surface area contributed by atoms with Crippen LogP contribution in [-0.4, -0.2) is 24.8 Å². The Kier molecular flexibility index (Phi) is 7.26. The van der Waals surface area contributed by atoms with E-state index in [1.807, 2.05) is 0 Å². The summed E-state index contributed by atoms with van der Waals surface area (Å²) in [7, 11) is 1.36. The van der Waals surface area contributed by atoms with E-state index in [0.717, 1.165) is 37.7 Å². The lowest BCUT2D eigenvalue weighted by molar-refractivity contribution is -0.0497. The Balaban J connectivity index is 1.77. The number of esters is 1. The third kappa shape index (κ3) is 5.34. The number of benzene rings is 1. The number of halogens is 3. The molecule has 0 radical (unpaired) electrons. The zero-order valence-electron chi connectivity index (χ0n) is 15.5. The van der Waals surface area contributed by atoms with Crippen LogP contribution in [-0.2, 0) is 17.6 Å². The number of alkyl halides is 2. The fourth-order valence-corrected chi connectivity index (χ4v) is 4.98. The van der Waals surface area contributed by atoms with Crippen molar-refractivity contribution in [1.82, 2.24) is 0 Å². The summed E-state index contributed by atoms with van der Waals surface area (Å²) in [6, 6.07) is 4.27. The highest BCUT2D eigenvalue weighted by Crippen LogP contribution is 2.38. The Hall–Kier alpha value is -1.97. The SMILES string of the molecule is COC(=O)c1c(NC(=S)Nc2ccc(OC(F)F)c(Cl)c2)sc2c1CCCCC2. The van der Waals surface area contributed by atoms with Crippen LogP contribution in [0.1, 0.15) is 40.1 Å². The first-order chi connectivity index (χ1) is 13.9. The molecule has 0 aliphatic heterocycles. The molecule has 3 rings (SSSR count). The number of fused-ring (bicyclic) bond motifs is 1. The second kappa shape index (κ2) is 9.69. The molecule has 0 atom stereocenters. The van der Waals surface area contributed by atoms with E-state index in [4.69, 9.17) is 28.6 Å². The van der Waals surface area contributed by atoms with Gasteiger partial charge in [-0.25, -0.2) is 4.79 Å². The van der Waals surface area contributed by atoms with E-state index < -0.39 is 12.6 Å². The number of thiophene rings is 1. The van der Waals surface area contributed by atoms with Gasteiger partial charge in [-0.15, -0.1) is 11.3 Å². The molecule has 29 heavy (non-hydrogen) atoms.